The molecule has 0 aromatic carbocycles. The van der Waals surface area contributed by atoms with Crippen molar-refractivity contribution >= 4 is 0 Å². The summed E-state index contributed by atoms with van der Waals surface area (Å²) in [5, 5.41) is 4.26. The lowest BCUT2D eigenvalue weighted by Crippen LogP contribution is -1.96. The minimum atomic E-state index is 0.556. The van der Waals surface area contributed by atoms with E-state index in [4.69, 9.17) is 4.74 Å². The van der Waals surface area contributed by atoms with Crippen LogP contribution in [-0.4, -0.2) is 21.9 Å². The first-order valence-electron chi connectivity index (χ1n) is 5.72. The van der Waals surface area contributed by atoms with E-state index in [0.717, 1.165) is 28.9 Å². The number of aryl methyl sites for hydroxylation is 2. The highest BCUT2D eigenvalue weighted by Crippen LogP contribution is 2.20. The Labute approximate surface area is 101 Å². The first kappa shape index (κ1) is 11.8. The molecule has 0 unspecified atom stereocenters. The van der Waals surface area contributed by atoms with Crippen LogP contribution in [-0.2, 0) is 17.9 Å². The number of pyridine rings is 1. The Morgan fingerprint density at radius 2 is 2.12 bits per heavy atom. The molecule has 4 nitrogen and oxygen atoms in total. The second-order valence-corrected chi connectivity index (χ2v) is 4.01. The third-order valence-electron chi connectivity index (χ3n) is 2.76. The molecule has 0 spiro atoms. The summed E-state index contributed by atoms with van der Waals surface area (Å²) in [6, 6.07) is 2.12. The van der Waals surface area contributed by atoms with Gasteiger partial charge in [-0.25, -0.2) is 0 Å². The summed E-state index contributed by atoms with van der Waals surface area (Å²) in [7, 11) is 1.68. The van der Waals surface area contributed by atoms with Crippen LogP contribution in [0, 0.1) is 6.92 Å². The zero-order valence-electron chi connectivity index (χ0n) is 10.5. The normalized spacial score (nSPS) is 10.8. The summed E-state index contributed by atoms with van der Waals surface area (Å²) < 4.78 is 7.01. The predicted molar refractivity (Wildman–Crippen MR) is 66.6 cm³/mol. The molecule has 0 N–H and O–H groups in total. The van der Waals surface area contributed by atoms with Crippen molar-refractivity contribution in [2.75, 3.05) is 7.11 Å². The van der Waals surface area contributed by atoms with Gasteiger partial charge in [0.15, 0.2) is 0 Å². The van der Waals surface area contributed by atoms with E-state index in [1.165, 1.54) is 0 Å². The molecule has 0 saturated heterocycles. The fourth-order valence-corrected chi connectivity index (χ4v) is 1.73. The maximum Gasteiger partial charge on any atom is 0.0886 e. The van der Waals surface area contributed by atoms with Crippen molar-refractivity contribution in [3.63, 3.8) is 0 Å². The molecule has 2 aromatic heterocycles. The summed E-state index contributed by atoms with van der Waals surface area (Å²) in [6.07, 6.45) is 5.78. The summed E-state index contributed by atoms with van der Waals surface area (Å²) in [5.74, 6) is 0. The van der Waals surface area contributed by atoms with E-state index in [0.29, 0.717) is 6.61 Å². The molecule has 0 aliphatic heterocycles. The molecule has 0 saturated carbocycles. The Kier molecular flexibility index (Phi) is 3.54. The van der Waals surface area contributed by atoms with E-state index in [1.807, 2.05) is 23.3 Å². The molecule has 2 aromatic rings. The lowest BCUT2D eigenvalue weighted by atomic mass is 10.1. The minimum Gasteiger partial charge on any atom is -0.378 e. The molecule has 0 fully saturated rings. The van der Waals surface area contributed by atoms with Gasteiger partial charge in [0, 0.05) is 37.2 Å². The molecule has 0 bridgehead atoms. The Hall–Kier alpha value is -1.68. The Morgan fingerprint density at radius 1 is 1.29 bits per heavy atom. The molecule has 4 heteroatoms. The summed E-state index contributed by atoms with van der Waals surface area (Å²) in [6.45, 7) is 5.56. The van der Waals surface area contributed by atoms with Crippen molar-refractivity contribution < 1.29 is 4.74 Å². The van der Waals surface area contributed by atoms with Crippen LogP contribution in [0.2, 0.25) is 0 Å². The minimum absolute atomic E-state index is 0.556. The second kappa shape index (κ2) is 5.10. The van der Waals surface area contributed by atoms with Gasteiger partial charge in [-0.05, 0) is 25.5 Å². The smallest absolute Gasteiger partial charge is 0.0886 e. The van der Waals surface area contributed by atoms with Crippen LogP contribution in [0.1, 0.15) is 18.2 Å². The number of aromatic nitrogens is 3. The van der Waals surface area contributed by atoms with E-state index in [-0.39, 0.29) is 0 Å². The van der Waals surface area contributed by atoms with Gasteiger partial charge in [-0.3, -0.25) is 9.67 Å². The molecule has 0 atom stereocenters. The highest BCUT2D eigenvalue weighted by Gasteiger charge is 2.05. The zero-order chi connectivity index (χ0) is 12.3. The average molecular weight is 231 g/mol. The summed E-state index contributed by atoms with van der Waals surface area (Å²) in [5.41, 5.74) is 4.33. The third-order valence-corrected chi connectivity index (χ3v) is 2.76. The molecule has 2 heterocycles. The van der Waals surface area contributed by atoms with Crippen molar-refractivity contribution in [2.24, 2.45) is 0 Å². The van der Waals surface area contributed by atoms with Crippen LogP contribution in [0.25, 0.3) is 11.1 Å². The van der Waals surface area contributed by atoms with Crippen LogP contribution in [0.3, 0.4) is 0 Å². The monoisotopic (exact) mass is 231 g/mol. The van der Waals surface area contributed by atoms with Gasteiger partial charge in [0.1, 0.15) is 0 Å². The first-order valence-corrected chi connectivity index (χ1v) is 5.72. The van der Waals surface area contributed by atoms with Crippen LogP contribution in [0.5, 0.6) is 0 Å². The highest BCUT2D eigenvalue weighted by atomic mass is 16.5. The van der Waals surface area contributed by atoms with Crippen molar-refractivity contribution in [1.29, 1.82) is 0 Å². The summed E-state index contributed by atoms with van der Waals surface area (Å²) in [4.78, 5) is 4.42. The molecule has 17 heavy (non-hydrogen) atoms. The van der Waals surface area contributed by atoms with Crippen molar-refractivity contribution in [1.82, 2.24) is 14.8 Å². The van der Waals surface area contributed by atoms with Gasteiger partial charge >= 0.3 is 0 Å². The molecule has 0 aliphatic carbocycles. The predicted octanol–water partition coefficient (Wildman–Crippen LogP) is 2.42. The van der Waals surface area contributed by atoms with E-state index in [9.17, 15) is 0 Å². The standard InChI is InChI=1S/C13H17N3O/c1-4-16-8-12(7-15-16)11-5-10(2)13(9-17-3)14-6-11/h5-8H,4,9H2,1-3H3. The molecule has 0 aliphatic rings. The van der Waals surface area contributed by atoms with Crippen molar-refractivity contribution in [3.05, 3.63) is 35.9 Å². The van der Waals surface area contributed by atoms with Gasteiger partial charge in [-0.15, -0.1) is 0 Å². The van der Waals surface area contributed by atoms with Crippen LogP contribution >= 0.6 is 0 Å². The van der Waals surface area contributed by atoms with Crippen LogP contribution in [0.15, 0.2) is 24.7 Å². The Bertz CT molecular complexity index is 505. The van der Waals surface area contributed by atoms with E-state index in [2.05, 4.69) is 30.0 Å². The number of hydrogen-bond acceptors (Lipinski definition) is 3. The quantitative estimate of drug-likeness (QED) is 0.811. The number of ether oxygens (including phenoxy) is 1. The van der Waals surface area contributed by atoms with Crippen LogP contribution in [0.4, 0.5) is 0 Å². The molecule has 0 radical (unpaired) electrons. The molecule has 2 rings (SSSR count). The van der Waals surface area contributed by atoms with Gasteiger partial charge < -0.3 is 4.74 Å². The lowest BCUT2D eigenvalue weighted by Gasteiger charge is -2.05. The topological polar surface area (TPSA) is 39.9 Å². The van der Waals surface area contributed by atoms with Gasteiger partial charge in [-0.2, -0.15) is 5.10 Å². The largest absolute Gasteiger partial charge is 0.378 e. The summed E-state index contributed by atoms with van der Waals surface area (Å²) >= 11 is 0. The number of nitrogens with zero attached hydrogens (tertiary/aromatic N) is 3. The Morgan fingerprint density at radius 3 is 2.71 bits per heavy atom. The maximum absolute atomic E-state index is 5.10. The van der Waals surface area contributed by atoms with Gasteiger partial charge in [0.25, 0.3) is 0 Å². The Balaban J connectivity index is 2.30. The van der Waals surface area contributed by atoms with E-state index in [1.54, 1.807) is 7.11 Å². The van der Waals surface area contributed by atoms with Crippen molar-refractivity contribution in [3.8, 4) is 11.1 Å². The maximum atomic E-state index is 5.10. The lowest BCUT2D eigenvalue weighted by molar-refractivity contribution is 0.181. The number of rotatable bonds is 4. The van der Waals surface area contributed by atoms with Crippen molar-refractivity contribution in [2.45, 2.75) is 27.0 Å². The highest BCUT2D eigenvalue weighted by molar-refractivity contribution is 5.61. The molecular weight excluding hydrogens is 214 g/mol. The molecule has 0 amide bonds. The first-order chi connectivity index (χ1) is 8.24. The fourth-order valence-electron chi connectivity index (χ4n) is 1.73. The molecule has 90 valence electrons. The van der Waals surface area contributed by atoms with E-state index < -0.39 is 0 Å². The van der Waals surface area contributed by atoms with Crippen LogP contribution < -0.4 is 0 Å². The zero-order valence-corrected chi connectivity index (χ0v) is 10.5. The second-order valence-electron chi connectivity index (χ2n) is 4.01. The fraction of sp³-hybridized carbons (Fsp3) is 0.385. The molecular formula is C13H17N3O. The van der Waals surface area contributed by atoms with E-state index >= 15 is 0 Å². The average Bonchev–Trinajstić information content (AvgIpc) is 2.80. The van der Waals surface area contributed by atoms with Gasteiger partial charge in [0.05, 0.1) is 18.5 Å². The third kappa shape index (κ3) is 2.53. The number of methoxy groups -OCH3 is 1. The number of hydrogen-bond donors (Lipinski definition) is 0. The van der Waals surface area contributed by atoms with Gasteiger partial charge in [0.2, 0.25) is 0 Å². The SMILES string of the molecule is CCn1cc(-c2cnc(COC)c(C)c2)cn1. The van der Waals surface area contributed by atoms with Gasteiger partial charge in [-0.1, -0.05) is 0 Å².